The van der Waals surface area contributed by atoms with E-state index in [4.69, 9.17) is 21.2 Å². The minimum absolute atomic E-state index is 0.214. The van der Waals surface area contributed by atoms with E-state index in [-0.39, 0.29) is 13.0 Å². The van der Waals surface area contributed by atoms with Gasteiger partial charge >= 0.3 is 0 Å². The number of methoxy groups -OCH3 is 1. The lowest BCUT2D eigenvalue weighted by molar-refractivity contribution is -0.134. The van der Waals surface area contributed by atoms with Gasteiger partial charge in [0, 0.05) is 40.0 Å². The lowest BCUT2D eigenvalue weighted by atomic mass is 9.96. The summed E-state index contributed by atoms with van der Waals surface area (Å²) in [6.07, 6.45) is 1.61. The zero-order valence-corrected chi connectivity index (χ0v) is 17.1. The van der Waals surface area contributed by atoms with Crippen LogP contribution in [0.15, 0.2) is 36.4 Å². The van der Waals surface area contributed by atoms with Crippen LogP contribution in [-0.4, -0.2) is 30.9 Å². The molecule has 152 valence electrons. The molecule has 0 unspecified atom stereocenters. The van der Waals surface area contributed by atoms with Crippen molar-refractivity contribution in [3.8, 4) is 5.75 Å². The van der Waals surface area contributed by atoms with Gasteiger partial charge in [-0.1, -0.05) is 23.7 Å². The SMILES string of the molecule is COc1ccc2[nH]c(C)c(CCONC(=O)CC=O)c2c1Cc1ccc(Cl)cc1. The second-order valence-electron chi connectivity index (χ2n) is 6.70. The maximum atomic E-state index is 11.3. The van der Waals surface area contributed by atoms with Crippen molar-refractivity contribution in [2.45, 2.75) is 26.2 Å². The number of aldehydes is 1. The second kappa shape index (κ2) is 9.58. The summed E-state index contributed by atoms with van der Waals surface area (Å²) in [5.74, 6) is 0.355. The average Bonchev–Trinajstić information content (AvgIpc) is 3.03. The smallest absolute Gasteiger partial charge is 0.250 e. The van der Waals surface area contributed by atoms with Crippen LogP contribution < -0.4 is 10.2 Å². The Balaban J connectivity index is 1.89. The summed E-state index contributed by atoms with van der Waals surface area (Å²) in [6, 6.07) is 11.7. The summed E-state index contributed by atoms with van der Waals surface area (Å²) in [5, 5.41) is 1.80. The van der Waals surface area contributed by atoms with Gasteiger partial charge in [0.05, 0.1) is 20.1 Å². The highest BCUT2D eigenvalue weighted by atomic mass is 35.5. The van der Waals surface area contributed by atoms with Crippen molar-refractivity contribution in [1.82, 2.24) is 10.5 Å². The molecule has 0 aliphatic heterocycles. The lowest BCUT2D eigenvalue weighted by Gasteiger charge is -2.13. The number of rotatable bonds is 9. The number of nitrogens with one attached hydrogen (secondary N) is 2. The molecule has 6 nitrogen and oxygen atoms in total. The van der Waals surface area contributed by atoms with Crippen molar-refractivity contribution in [2.75, 3.05) is 13.7 Å². The molecule has 0 saturated heterocycles. The predicted octanol–water partition coefficient (Wildman–Crippen LogP) is 3.91. The first kappa shape index (κ1) is 20.9. The summed E-state index contributed by atoms with van der Waals surface area (Å²) >= 11 is 6.02. The molecule has 0 fully saturated rings. The molecule has 29 heavy (non-hydrogen) atoms. The molecule has 0 aliphatic rings. The molecule has 0 bridgehead atoms. The number of benzene rings is 2. The van der Waals surface area contributed by atoms with Crippen molar-refractivity contribution >= 4 is 34.7 Å². The Bertz CT molecular complexity index is 1010. The number of amides is 1. The van der Waals surface area contributed by atoms with Crippen LogP contribution in [0.1, 0.15) is 28.8 Å². The molecule has 2 N–H and O–H groups in total. The summed E-state index contributed by atoms with van der Waals surface area (Å²) in [6.45, 7) is 2.30. The van der Waals surface area contributed by atoms with Crippen LogP contribution in [0.3, 0.4) is 0 Å². The zero-order chi connectivity index (χ0) is 20.8. The van der Waals surface area contributed by atoms with Gasteiger partial charge in [-0.15, -0.1) is 0 Å². The van der Waals surface area contributed by atoms with E-state index in [2.05, 4.69) is 10.5 Å². The van der Waals surface area contributed by atoms with E-state index >= 15 is 0 Å². The molecule has 3 aromatic rings. The molecule has 0 spiro atoms. The van der Waals surface area contributed by atoms with Crippen LogP contribution in [-0.2, 0) is 27.3 Å². The van der Waals surface area contributed by atoms with E-state index in [9.17, 15) is 9.59 Å². The van der Waals surface area contributed by atoms with Crippen LogP contribution >= 0.6 is 11.6 Å². The van der Waals surface area contributed by atoms with Gasteiger partial charge in [-0.2, -0.15) is 0 Å². The van der Waals surface area contributed by atoms with Gasteiger partial charge in [0.2, 0.25) is 0 Å². The summed E-state index contributed by atoms with van der Waals surface area (Å²) in [7, 11) is 1.66. The number of hydrogen-bond donors (Lipinski definition) is 2. The molecule has 2 aromatic carbocycles. The monoisotopic (exact) mass is 414 g/mol. The van der Waals surface area contributed by atoms with Crippen LogP contribution in [0.2, 0.25) is 5.02 Å². The van der Waals surface area contributed by atoms with Gasteiger partial charge in [0.15, 0.2) is 0 Å². The van der Waals surface area contributed by atoms with Crippen LogP contribution in [0.5, 0.6) is 5.75 Å². The topological polar surface area (TPSA) is 80.4 Å². The Morgan fingerprint density at radius 1 is 1.17 bits per heavy atom. The quantitative estimate of drug-likeness (QED) is 0.241. The molecule has 1 aromatic heterocycles. The van der Waals surface area contributed by atoms with Gasteiger partial charge < -0.3 is 14.5 Å². The van der Waals surface area contributed by atoms with Gasteiger partial charge in [-0.3, -0.25) is 9.63 Å². The maximum absolute atomic E-state index is 11.3. The molecule has 3 rings (SSSR count). The van der Waals surface area contributed by atoms with E-state index in [0.717, 1.165) is 39.0 Å². The number of halogens is 1. The molecule has 1 heterocycles. The van der Waals surface area contributed by atoms with Crippen molar-refractivity contribution < 1.29 is 19.2 Å². The summed E-state index contributed by atoms with van der Waals surface area (Å²) < 4.78 is 5.64. The van der Waals surface area contributed by atoms with Crippen molar-refractivity contribution in [1.29, 1.82) is 0 Å². The number of carbonyl (C=O) groups excluding carboxylic acids is 2. The van der Waals surface area contributed by atoms with Crippen molar-refractivity contribution in [3.05, 3.63) is 63.8 Å². The van der Waals surface area contributed by atoms with Crippen LogP contribution in [0, 0.1) is 6.92 Å². The molecule has 7 heteroatoms. The molecular weight excluding hydrogens is 392 g/mol. The summed E-state index contributed by atoms with van der Waals surface area (Å²) in [4.78, 5) is 30.4. The second-order valence-corrected chi connectivity index (χ2v) is 7.13. The number of ether oxygens (including phenoxy) is 1. The summed E-state index contributed by atoms with van der Waals surface area (Å²) in [5.41, 5.74) is 7.65. The van der Waals surface area contributed by atoms with Gasteiger partial charge in [0.1, 0.15) is 12.0 Å². The van der Waals surface area contributed by atoms with Gasteiger partial charge in [-0.05, 0) is 42.3 Å². The third-order valence-corrected chi connectivity index (χ3v) is 5.02. The van der Waals surface area contributed by atoms with E-state index in [1.165, 1.54) is 0 Å². The number of aromatic nitrogens is 1. The highest BCUT2D eigenvalue weighted by Gasteiger charge is 2.17. The Morgan fingerprint density at radius 2 is 1.93 bits per heavy atom. The van der Waals surface area contributed by atoms with E-state index < -0.39 is 5.91 Å². The largest absolute Gasteiger partial charge is 0.496 e. The fraction of sp³-hybridized carbons (Fsp3) is 0.273. The molecule has 0 saturated carbocycles. The number of carbonyl (C=O) groups is 2. The van der Waals surface area contributed by atoms with E-state index in [1.807, 2.05) is 43.3 Å². The normalized spacial score (nSPS) is 10.9. The number of aromatic amines is 1. The molecule has 0 atom stereocenters. The number of H-pyrrole nitrogens is 1. The highest BCUT2D eigenvalue weighted by molar-refractivity contribution is 6.30. The minimum Gasteiger partial charge on any atom is -0.496 e. The Morgan fingerprint density at radius 3 is 2.62 bits per heavy atom. The Labute approximate surface area is 174 Å². The number of hydrogen-bond acceptors (Lipinski definition) is 4. The Kier molecular flexibility index (Phi) is 6.90. The van der Waals surface area contributed by atoms with E-state index in [1.54, 1.807) is 7.11 Å². The van der Waals surface area contributed by atoms with Crippen molar-refractivity contribution in [2.24, 2.45) is 0 Å². The third kappa shape index (κ3) is 4.96. The fourth-order valence-corrected chi connectivity index (χ4v) is 3.56. The standard InChI is InChI=1S/C22H23ClN2O4/c1-14-17(10-12-29-25-21(27)9-11-26)22-18(13-15-3-5-16(23)6-4-15)20(28-2)8-7-19(22)24-14/h3-8,11,24H,9-10,12-13H2,1-2H3,(H,25,27). The zero-order valence-electron chi connectivity index (χ0n) is 16.4. The van der Waals surface area contributed by atoms with Crippen LogP contribution in [0.4, 0.5) is 0 Å². The maximum Gasteiger partial charge on any atom is 0.250 e. The Hall–Kier alpha value is -2.83. The third-order valence-electron chi connectivity index (χ3n) is 4.77. The lowest BCUT2D eigenvalue weighted by Crippen LogP contribution is -2.24. The first-order chi connectivity index (χ1) is 14.0. The molecule has 0 aliphatic carbocycles. The molecule has 1 amide bonds. The number of hydroxylamine groups is 1. The average molecular weight is 415 g/mol. The fourth-order valence-electron chi connectivity index (χ4n) is 3.43. The molecular formula is C22H23ClN2O4. The minimum atomic E-state index is -0.458. The highest BCUT2D eigenvalue weighted by Crippen LogP contribution is 2.34. The number of aryl methyl sites for hydroxylation is 1. The first-order valence-electron chi connectivity index (χ1n) is 9.29. The van der Waals surface area contributed by atoms with Gasteiger partial charge in [0.25, 0.3) is 5.91 Å². The van der Waals surface area contributed by atoms with E-state index in [0.29, 0.717) is 24.2 Å². The van der Waals surface area contributed by atoms with Crippen molar-refractivity contribution in [3.63, 3.8) is 0 Å². The number of fused-ring (bicyclic) bond motifs is 1. The van der Waals surface area contributed by atoms with Crippen LogP contribution in [0.25, 0.3) is 10.9 Å². The predicted molar refractivity (Wildman–Crippen MR) is 112 cm³/mol. The molecule has 0 radical (unpaired) electrons. The first-order valence-corrected chi connectivity index (χ1v) is 9.67. The van der Waals surface area contributed by atoms with Gasteiger partial charge in [-0.25, -0.2) is 5.48 Å².